The largest absolute Gasteiger partial charge is 0.216 e. The third kappa shape index (κ3) is 9.34. The lowest BCUT2D eigenvalue weighted by atomic mass is 10.7. The lowest BCUT2D eigenvalue weighted by molar-refractivity contribution is 0.605. The molecular weight excluding hydrogens is 150 g/mol. The zero-order valence-corrected chi connectivity index (χ0v) is 5.87. The molecule has 0 aliphatic rings. The maximum Gasteiger partial charge on any atom is 0.201 e. The quantitative estimate of drug-likeness (QED) is 0.437. The smallest absolute Gasteiger partial charge is 0.201 e. The molecule has 1 N–H and O–H groups in total. The van der Waals surface area contributed by atoms with E-state index in [1.807, 2.05) is 0 Å². The van der Waals surface area contributed by atoms with Crippen LogP contribution in [0.1, 0.15) is 0 Å². The van der Waals surface area contributed by atoms with Gasteiger partial charge in [0.2, 0.25) is 10.9 Å². The molecule has 0 saturated heterocycles. The Morgan fingerprint density at radius 3 is 2.25 bits per heavy atom. The monoisotopic (exact) mass is 157 g/mol. The highest BCUT2D eigenvalue weighted by atomic mass is 35.5. The Hall–Kier alpha value is -0.0600. The van der Waals surface area contributed by atoms with Crippen molar-refractivity contribution in [2.75, 3.05) is 6.54 Å². The summed E-state index contributed by atoms with van der Waals surface area (Å²) in [5.74, 6) is 0. The Morgan fingerprint density at radius 1 is 1.62 bits per heavy atom. The summed E-state index contributed by atoms with van der Waals surface area (Å²) in [6.07, 6.45) is 1.48. The van der Waals surface area contributed by atoms with Gasteiger partial charge < -0.3 is 0 Å². The van der Waals surface area contributed by atoms with Gasteiger partial charge in [-0.1, -0.05) is 6.08 Å². The first-order valence-electron chi connectivity index (χ1n) is 1.76. The first-order valence-corrected chi connectivity index (χ1v) is 2.94. The van der Waals surface area contributed by atoms with Gasteiger partial charge >= 0.3 is 0 Å². The van der Waals surface area contributed by atoms with Crippen molar-refractivity contribution < 1.29 is 8.42 Å². The lowest BCUT2D eigenvalue weighted by Crippen LogP contribution is -2.09. The van der Waals surface area contributed by atoms with Gasteiger partial charge in [-0.2, -0.15) is 0 Å². The van der Waals surface area contributed by atoms with Gasteiger partial charge in [-0.25, -0.2) is 13.1 Å². The summed E-state index contributed by atoms with van der Waals surface area (Å²) in [5.41, 5.74) is 0. The van der Waals surface area contributed by atoms with Crippen LogP contribution in [0, 0.1) is 0 Å². The van der Waals surface area contributed by atoms with Gasteiger partial charge in [0.15, 0.2) is 0 Å². The molecule has 8 heavy (non-hydrogen) atoms. The Balaban J connectivity index is 0. The number of rotatable bonds is 3. The summed E-state index contributed by atoms with van der Waals surface area (Å²) < 4.78 is 21.4. The first-order chi connectivity index (χ1) is 3.27. The molecule has 0 aromatic heterocycles. The zero-order valence-electron chi connectivity index (χ0n) is 4.16. The van der Waals surface area contributed by atoms with Crippen LogP contribution in [0.5, 0.6) is 0 Å². The van der Waals surface area contributed by atoms with E-state index in [1.165, 1.54) is 6.08 Å². The normalized spacial score (nSPS) is 8.12. The Labute approximate surface area is 56.3 Å². The van der Waals surface area contributed by atoms with E-state index in [4.69, 9.17) is 0 Å². The summed E-state index contributed by atoms with van der Waals surface area (Å²) in [7, 11) is -2.43. The van der Waals surface area contributed by atoms with Crippen molar-refractivity contribution in [2.24, 2.45) is 0 Å². The molecule has 50 valence electrons. The highest BCUT2D eigenvalue weighted by molar-refractivity contribution is 7.70. The molecule has 0 aromatic rings. The van der Waals surface area contributed by atoms with E-state index in [0.29, 0.717) is 6.54 Å². The maximum absolute atomic E-state index is 9.64. The molecule has 0 unspecified atom stereocenters. The molecule has 0 saturated carbocycles. The van der Waals surface area contributed by atoms with E-state index in [-0.39, 0.29) is 12.4 Å². The summed E-state index contributed by atoms with van der Waals surface area (Å²) in [4.78, 5) is 0. The number of halogens is 1. The van der Waals surface area contributed by atoms with Gasteiger partial charge in [0, 0.05) is 6.54 Å². The van der Waals surface area contributed by atoms with Gasteiger partial charge in [-0.3, -0.25) is 0 Å². The van der Waals surface area contributed by atoms with Crippen molar-refractivity contribution in [1.29, 1.82) is 0 Å². The Morgan fingerprint density at radius 2 is 2.12 bits per heavy atom. The van der Waals surface area contributed by atoms with Gasteiger partial charge in [-0.15, -0.1) is 19.0 Å². The average Bonchev–Trinajstić information content (AvgIpc) is 1.61. The lowest BCUT2D eigenvalue weighted by Gasteiger charge is -1.81. The topological polar surface area (TPSA) is 46.2 Å². The first kappa shape index (κ1) is 10.8. The fraction of sp³-hybridized carbons (Fsp3) is 0.333. The van der Waals surface area contributed by atoms with Crippen LogP contribution in [0.15, 0.2) is 12.7 Å². The summed E-state index contributed by atoms with van der Waals surface area (Å²) >= 11 is 0. The van der Waals surface area contributed by atoms with Crippen molar-refractivity contribution in [3.8, 4) is 0 Å². The van der Waals surface area contributed by atoms with E-state index >= 15 is 0 Å². The number of nitrogens with one attached hydrogen (secondary N) is 1. The van der Waals surface area contributed by atoms with Crippen LogP contribution >= 0.6 is 12.4 Å². The van der Waals surface area contributed by atoms with E-state index in [1.54, 1.807) is 0 Å². The molecule has 0 aliphatic carbocycles. The van der Waals surface area contributed by atoms with Crippen molar-refractivity contribution in [3.63, 3.8) is 0 Å². The van der Waals surface area contributed by atoms with Gasteiger partial charge in [-0.05, 0) is 0 Å². The van der Waals surface area contributed by atoms with Crippen LogP contribution < -0.4 is 4.72 Å². The number of thiol groups is 1. The molecule has 0 atom stereocenters. The molecule has 0 bridgehead atoms. The fourth-order valence-electron chi connectivity index (χ4n) is 0.139. The molecule has 0 aliphatic heterocycles. The molecule has 3 nitrogen and oxygen atoms in total. The summed E-state index contributed by atoms with van der Waals surface area (Å²) in [5, 5.41) is 0. The van der Waals surface area contributed by atoms with Crippen molar-refractivity contribution >= 4 is 23.3 Å². The molecule has 0 amide bonds. The van der Waals surface area contributed by atoms with Crippen LogP contribution in [0.3, 0.4) is 0 Å². The van der Waals surface area contributed by atoms with E-state index in [2.05, 4.69) is 11.3 Å². The molecular formula is C3H8ClNO2S. The van der Waals surface area contributed by atoms with Gasteiger partial charge in [0.05, 0.1) is 0 Å². The molecule has 0 aromatic carbocycles. The minimum Gasteiger partial charge on any atom is -0.216 e. The highest BCUT2D eigenvalue weighted by Crippen LogP contribution is 1.55. The second-order valence-electron chi connectivity index (χ2n) is 0.908. The fourth-order valence-corrected chi connectivity index (χ4v) is 0.417. The molecule has 0 radical (unpaired) electrons. The SMILES string of the molecule is C=CCN[SH](=O)=O.Cl. The minimum absolute atomic E-state index is 0. The van der Waals surface area contributed by atoms with Gasteiger partial charge in [0.25, 0.3) is 0 Å². The van der Waals surface area contributed by atoms with E-state index < -0.39 is 10.9 Å². The molecule has 5 heteroatoms. The van der Waals surface area contributed by atoms with Crippen LogP contribution in [-0.4, -0.2) is 15.0 Å². The summed E-state index contributed by atoms with van der Waals surface area (Å²) in [6, 6.07) is 0. The van der Waals surface area contributed by atoms with Crippen LogP contribution in [0.4, 0.5) is 0 Å². The number of hydrogen-bond acceptors (Lipinski definition) is 2. The van der Waals surface area contributed by atoms with Crippen molar-refractivity contribution in [3.05, 3.63) is 12.7 Å². The van der Waals surface area contributed by atoms with Crippen LogP contribution in [0.25, 0.3) is 0 Å². The predicted molar refractivity (Wildman–Crippen MR) is 35.8 cm³/mol. The Kier molecular flexibility index (Phi) is 9.40. The van der Waals surface area contributed by atoms with E-state index in [0.717, 1.165) is 0 Å². The minimum atomic E-state index is -2.43. The van der Waals surface area contributed by atoms with Crippen molar-refractivity contribution in [1.82, 2.24) is 4.72 Å². The third-order valence-electron chi connectivity index (χ3n) is 0.365. The van der Waals surface area contributed by atoms with Crippen molar-refractivity contribution in [2.45, 2.75) is 0 Å². The molecule has 0 rings (SSSR count). The maximum atomic E-state index is 9.64. The zero-order chi connectivity index (χ0) is 5.70. The second-order valence-corrected chi connectivity index (χ2v) is 1.74. The standard InChI is InChI=1S/C3H7NO2S.ClH/c1-2-3-4-7(5)6;/h2,7H,1,3H2,(H,4,5,6);1H. The third-order valence-corrected chi connectivity index (χ3v) is 0.805. The molecule has 0 heterocycles. The molecule has 0 fully saturated rings. The Bertz CT molecular complexity index is 114. The molecule has 0 spiro atoms. The highest BCUT2D eigenvalue weighted by Gasteiger charge is 1.73. The van der Waals surface area contributed by atoms with Gasteiger partial charge in [0.1, 0.15) is 0 Å². The number of hydrogen-bond donors (Lipinski definition) is 2. The van der Waals surface area contributed by atoms with Crippen LogP contribution in [-0.2, 0) is 10.9 Å². The second kappa shape index (κ2) is 6.94. The van der Waals surface area contributed by atoms with Crippen LogP contribution in [0.2, 0.25) is 0 Å². The van der Waals surface area contributed by atoms with E-state index in [9.17, 15) is 8.42 Å². The predicted octanol–water partition coefficient (Wildman–Crippen LogP) is -0.290. The average molecular weight is 158 g/mol. The summed E-state index contributed by atoms with van der Waals surface area (Å²) in [6.45, 7) is 3.62.